The van der Waals surface area contributed by atoms with Crippen LogP contribution < -0.4 is 16.0 Å². The number of nitrogens with one attached hydrogen (secondary N) is 1. The fourth-order valence-electron chi connectivity index (χ4n) is 2.45. The number of anilines is 1. The number of benzene rings is 1. The van der Waals surface area contributed by atoms with Crippen molar-refractivity contribution in [3.63, 3.8) is 0 Å². The minimum absolute atomic E-state index is 0.423. The summed E-state index contributed by atoms with van der Waals surface area (Å²) >= 11 is 6.07. The van der Waals surface area contributed by atoms with Crippen molar-refractivity contribution >= 4 is 23.2 Å². The molecule has 1 heterocycles. The van der Waals surface area contributed by atoms with E-state index in [0.717, 1.165) is 31.6 Å². The van der Waals surface area contributed by atoms with Crippen LogP contribution in [-0.2, 0) is 0 Å². The minimum Gasteiger partial charge on any atom is -0.369 e. The summed E-state index contributed by atoms with van der Waals surface area (Å²) in [5.74, 6) is -0.470. The Bertz CT molecular complexity index is 450. The molecule has 1 fully saturated rings. The van der Waals surface area contributed by atoms with Gasteiger partial charge in [-0.3, -0.25) is 4.79 Å². The zero-order valence-electron chi connectivity index (χ0n) is 10.4. The fraction of sp³-hybridized carbons (Fsp3) is 0.462. The molecule has 0 saturated carbocycles. The van der Waals surface area contributed by atoms with Crippen molar-refractivity contribution in [3.05, 3.63) is 28.8 Å². The number of carbonyl (C=O) groups excluding carboxylic acids is 1. The number of halogens is 1. The maximum atomic E-state index is 11.5. The normalized spacial score (nSPS) is 19.9. The molecule has 1 aliphatic rings. The van der Waals surface area contributed by atoms with Crippen LogP contribution in [0.4, 0.5) is 5.69 Å². The van der Waals surface area contributed by atoms with E-state index in [2.05, 4.69) is 10.2 Å². The number of nitrogens with two attached hydrogens (primary N) is 1. The van der Waals surface area contributed by atoms with Gasteiger partial charge < -0.3 is 16.0 Å². The molecule has 2 rings (SSSR count). The summed E-state index contributed by atoms with van der Waals surface area (Å²) in [6, 6.07) is 5.90. The minimum atomic E-state index is -0.470. The first kappa shape index (κ1) is 13.2. The van der Waals surface area contributed by atoms with Gasteiger partial charge in [0.15, 0.2) is 0 Å². The molecule has 5 heteroatoms. The van der Waals surface area contributed by atoms with Crippen molar-refractivity contribution in [2.24, 2.45) is 5.73 Å². The summed E-state index contributed by atoms with van der Waals surface area (Å²) in [6.45, 7) is 1.80. The summed E-state index contributed by atoms with van der Waals surface area (Å²) in [6.07, 6.45) is 2.25. The number of carbonyl (C=O) groups is 1. The Morgan fingerprint density at radius 3 is 3.00 bits per heavy atom. The molecular weight excluding hydrogens is 250 g/mol. The lowest BCUT2D eigenvalue weighted by atomic mass is 10.0. The van der Waals surface area contributed by atoms with Crippen LogP contribution in [0.5, 0.6) is 0 Å². The van der Waals surface area contributed by atoms with Crippen molar-refractivity contribution in [2.45, 2.75) is 18.9 Å². The van der Waals surface area contributed by atoms with Crippen LogP contribution in [0.15, 0.2) is 18.2 Å². The standard InChI is InChI=1S/C13H18ClN3O/c1-16-9-4-3-7-17(8-9)11-6-2-5-10(14)12(11)13(15)18/h2,5-6,9,16H,3-4,7-8H2,1H3,(H2,15,18). The molecule has 0 aliphatic carbocycles. The zero-order valence-corrected chi connectivity index (χ0v) is 11.2. The third-order valence-electron chi connectivity index (χ3n) is 3.41. The molecule has 0 radical (unpaired) electrons. The SMILES string of the molecule is CNC1CCCN(c2cccc(Cl)c2C(N)=O)C1. The van der Waals surface area contributed by atoms with Gasteiger partial charge in [0.2, 0.25) is 0 Å². The number of hydrogen-bond donors (Lipinski definition) is 2. The highest BCUT2D eigenvalue weighted by Gasteiger charge is 2.23. The third kappa shape index (κ3) is 2.60. The average molecular weight is 268 g/mol. The number of amides is 1. The highest BCUT2D eigenvalue weighted by Crippen LogP contribution is 2.29. The van der Waals surface area contributed by atoms with E-state index < -0.39 is 5.91 Å². The molecule has 0 bridgehead atoms. The topological polar surface area (TPSA) is 58.4 Å². The van der Waals surface area contributed by atoms with Gasteiger partial charge in [0.1, 0.15) is 0 Å². The Morgan fingerprint density at radius 1 is 1.56 bits per heavy atom. The van der Waals surface area contributed by atoms with Crippen molar-refractivity contribution in [1.82, 2.24) is 5.32 Å². The van der Waals surface area contributed by atoms with Crippen molar-refractivity contribution in [3.8, 4) is 0 Å². The lowest BCUT2D eigenvalue weighted by molar-refractivity contribution is 0.100. The van der Waals surface area contributed by atoms with E-state index >= 15 is 0 Å². The van der Waals surface area contributed by atoms with Gasteiger partial charge in [-0.15, -0.1) is 0 Å². The van der Waals surface area contributed by atoms with Gasteiger partial charge >= 0.3 is 0 Å². The summed E-state index contributed by atoms with van der Waals surface area (Å²) in [4.78, 5) is 13.7. The van der Waals surface area contributed by atoms with Crippen LogP contribution in [0.2, 0.25) is 5.02 Å². The second-order valence-electron chi connectivity index (χ2n) is 4.57. The third-order valence-corrected chi connectivity index (χ3v) is 3.72. The van der Waals surface area contributed by atoms with Crippen molar-refractivity contribution < 1.29 is 4.79 Å². The molecule has 0 aromatic heterocycles. The molecular formula is C13H18ClN3O. The van der Waals surface area contributed by atoms with Gasteiger partial charge in [-0.05, 0) is 32.0 Å². The Kier molecular flexibility index (Phi) is 4.09. The van der Waals surface area contributed by atoms with Crippen LogP contribution >= 0.6 is 11.6 Å². The predicted octanol–water partition coefficient (Wildman–Crippen LogP) is 1.63. The molecule has 0 spiro atoms. The lowest BCUT2D eigenvalue weighted by Gasteiger charge is -2.35. The highest BCUT2D eigenvalue weighted by molar-refractivity contribution is 6.34. The summed E-state index contributed by atoms with van der Waals surface area (Å²) in [5.41, 5.74) is 6.69. The number of nitrogens with zero attached hydrogens (tertiary/aromatic N) is 1. The molecule has 1 aromatic carbocycles. The number of primary amides is 1. The molecule has 98 valence electrons. The Morgan fingerprint density at radius 2 is 2.33 bits per heavy atom. The van der Waals surface area contributed by atoms with E-state index in [9.17, 15) is 4.79 Å². The molecule has 4 nitrogen and oxygen atoms in total. The van der Waals surface area contributed by atoms with Gasteiger partial charge in [0, 0.05) is 19.1 Å². The van der Waals surface area contributed by atoms with E-state index in [-0.39, 0.29) is 0 Å². The molecule has 1 saturated heterocycles. The first-order valence-electron chi connectivity index (χ1n) is 6.14. The van der Waals surface area contributed by atoms with Crippen molar-refractivity contribution in [1.29, 1.82) is 0 Å². The van der Waals surface area contributed by atoms with Crippen LogP contribution in [0, 0.1) is 0 Å². The molecule has 18 heavy (non-hydrogen) atoms. The second-order valence-corrected chi connectivity index (χ2v) is 4.98. The van der Waals surface area contributed by atoms with Crippen LogP contribution in [0.3, 0.4) is 0 Å². The van der Waals surface area contributed by atoms with Gasteiger partial charge in [-0.25, -0.2) is 0 Å². The number of hydrogen-bond acceptors (Lipinski definition) is 3. The number of piperidine rings is 1. The smallest absolute Gasteiger partial charge is 0.252 e. The first-order valence-corrected chi connectivity index (χ1v) is 6.51. The summed E-state index contributed by atoms with van der Waals surface area (Å²) in [7, 11) is 1.96. The first-order chi connectivity index (χ1) is 8.63. The van der Waals surface area contributed by atoms with Crippen molar-refractivity contribution in [2.75, 3.05) is 25.0 Å². The van der Waals surface area contributed by atoms with Crippen LogP contribution in [-0.4, -0.2) is 32.1 Å². The molecule has 1 aliphatic heterocycles. The maximum absolute atomic E-state index is 11.5. The van der Waals surface area contributed by atoms with E-state index in [1.165, 1.54) is 0 Å². The quantitative estimate of drug-likeness (QED) is 0.875. The van der Waals surface area contributed by atoms with E-state index in [0.29, 0.717) is 16.6 Å². The maximum Gasteiger partial charge on any atom is 0.252 e. The van der Waals surface area contributed by atoms with E-state index in [4.69, 9.17) is 17.3 Å². The fourth-order valence-corrected chi connectivity index (χ4v) is 2.71. The number of rotatable bonds is 3. The van der Waals surface area contributed by atoms with Crippen LogP contribution in [0.1, 0.15) is 23.2 Å². The zero-order chi connectivity index (χ0) is 13.1. The van der Waals surface area contributed by atoms with Gasteiger partial charge in [0.25, 0.3) is 5.91 Å². The molecule has 1 atom stereocenters. The Balaban J connectivity index is 2.32. The predicted molar refractivity (Wildman–Crippen MR) is 74.3 cm³/mol. The monoisotopic (exact) mass is 267 g/mol. The Labute approximate surface area is 112 Å². The Hall–Kier alpha value is -1.26. The number of likely N-dealkylation sites (N-methyl/N-ethyl adjacent to an activating group) is 1. The van der Waals surface area contributed by atoms with E-state index in [1.54, 1.807) is 6.07 Å². The molecule has 3 N–H and O–H groups in total. The molecule has 1 unspecified atom stereocenters. The van der Waals surface area contributed by atoms with Crippen LogP contribution in [0.25, 0.3) is 0 Å². The molecule has 1 aromatic rings. The lowest BCUT2D eigenvalue weighted by Crippen LogP contribution is -2.45. The second kappa shape index (κ2) is 5.59. The summed E-state index contributed by atoms with van der Waals surface area (Å²) in [5, 5.41) is 3.70. The van der Waals surface area contributed by atoms with Gasteiger partial charge in [0.05, 0.1) is 16.3 Å². The summed E-state index contributed by atoms with van der Waals surface area (Å²) < 4.78 is 0. The van der Waals surface area contributed by atoms with Gasteiger partial charge in [-0.1, -0.05) is 17.7 Å². The highest BCUT2D eigenvalue weighted by atomic mass is 35.5. The largest absolute Gasteiger partial charge is 0.369 e. The van der Waals surface area contributed by atoms with E-state index in [1.807, 2.05) is 19.2 Å². The average Bonchev–Trinajstić information content (AvgIpc) is 2.38. The molecule has 1 amide bonds. The van der Waals surface area contributed by atoms with Gasteiger partial charge in [-0.2, -0.15) is 0 Å².